The molecule has 1 aromatic heterocycles. The molecule has 1 aliphatic carbocycles. The van der Waals surface area contributed by atoms with Gasteiger partial charge in [-0.3, -0.25) is 9.78 Å². The molecule has 1 aromatic rings. The fourth-order valence-electron chi connectivity index (χ4n) is 1.58. The van der Waals surface area contributed by atoms with Crippen molar-refractivity contribution in [3.8, 4) is 5.75 Å². The maximum atomic E-state index is 11.3. The molecule has 1 aliphatic rings. The van der Waals surface area contributed by atoms with Crippen molar-refractivity contribution >= 4 is 21.7 Å². The lowest BCUT2D eigenvalue weighted by atomic mass is 9.90. The first-order chi connectivity index (χ1) is 7.70. The lowest BCUT2D eigenvalue weighted by molar-refractivity contribution is -0.154. The third kappa shape index (κ3) is 2.41. The van der Waals surface area contributed by atoms with E-state index >= 15 is 0 Å². The van der Waals surface area contributed by atoms with Crippen LogP contribution in [0, 0.1) is 0 Å². The molecule has 0 N–H and O–H groups in total. The SMILES string of the molecule is CCOC1C(=O)CC1Oc1cncc(Br)c1. The van der Waals surface area contributed by atoms with Crippen LogP contribution in [0.5, 0.6) is 5.75 Å². The van der Waals surface area contributed by atoms with E-state index < -0.39 is 6.10 Å². The Morgan fingerprint density at radius 2 is 2.38 bits per heavy atom. The van der Waals surface area contributed by atoms with Gasteiger partial charge < -0.3 is 9.47 Å². The first-order valence-electron chi connectivity index (χ1n) is 5.12. The second-order valence-electron chi connectivity index (χ2n) is 3.54. The maximum Gasteiger partial charge on any atom is 0.169 e. The summed E-state index contributed by atoms with van der Waals surface area (Å²) in [4.78, 5) is 15.2. The number of aromatic nitrogens is 1. The van der Waals surface area contributed by atoms with Gasteiger partial charge in [0.1, 0.15) is 11.9 Å². The zero-order chi connectivity index (χ0) is 11.5. The molecule has 0 aliphatic heterocycles. The number of ether oxygens (including phenoxy) is 2. The van der Waals surface area contributed by atoms with Gasteiger partial charge in [0.15, 0.2) is 11.9 Å². The van der Waals surface area contributed by atoms with E-state index in [2.05, 4.69) is 20.9 Å². The second-order valence-corrected chi connectivity index (χ2v) is 4.46. The van der Waals surface area contributed by atoms with Crippen molar-refractivity contribution in [1.29, 1.82) is 0 Å². The Balaban J connectivity index is 1.98. The smallest absolute Gasteiger partial charge is 0.169 e. The monoisotopic (exact) mass is 285 g/mol. The molecule has 0 bridgehead atoms. The highest BCUT2D eigenvalue weighted by atomic mass is 79.9. The van der Waals surface area contributed by atoms with Crippen LogP contribution in [0.15, 0.2) is 22.9 Å². The van der Waals surface area contributed by atoms with Crippen molar-refractivity contribution < 1.29 is 14.3 Å². The van der Waals surface area contributed by atoms with Gasteiger partial charge in [0.25, 0.3) is 0 Å². The van der Waals surface area contributed by atoms with Gasteiger partial charge in [0.2, 0.25) is 0 Å². The number of halogens is 1. The van der Waals surface area contributed by atoms with Crippen LogP contribution in [-0.2, 0) is 9.53 Å². The zero-order valence-corrected chi connectivity index (χ0v) is 10.4. The highest BCUT2D eigenvalue weighted by molar-refractivity contribution is 9.10. The summed E-state index contributed by atoms with van der Waals surface area (Å²) < 4.78 is 11.8. The summed E-state index contributed by atoms with van der Waals surface area (Å²) in [6.45, 7) is 2.39. The van der Waals surface area contributed by atoms with Crippen molar-refractivity contribution in [2.24, 2.45) is 0 Å². The number of carbonyl (C=O) groups excluding carboxylic acids is 1. The number of ketones is 1. The van der Waals surface area contributed by atoms with Crippen LogP contribution in [0.1, 0.15) is 13.3 Å². The molecule has 2 unspecified atom stereocenters. The van der Waals surface area contributed by atoms with Gasteiger partial charge in [-0.2, -0.15) is 0 Å². The third-order valence-electron chi connectivity index (χ3n) is 2.37. The average Bonchev–Trinajstić information content (AvgIpc) is 2.26. The summed E-state index contributed by atoms with van der Waals surface area (Å²) in [5.41, 5.74) is 0. The lowest BCUT2D eigenvalue weighted by Crippen LogP contribution is -2.52. The molecular weight excluding hydrogens is 274 g/mol. The standard InChI is InChI=1S/C11H12BrNO3/c1-2-15-11-9(14)4-10(11)16-8-3-7(12)5-13-6-8/h3,5-6,10-11H,2,4H2,1H3. The van der Waals surface area contributed by atoms with Crippen LogP contribution >= 0.6 is 15.9 Å². The van der Waals surface area contributed by atoms with Gasteiger partial charge in [-0.15, -0.1) is 0 Å². The molecule has 1 fully saturated rings. The molecule has 86 valence electrons. The predicted molar refractivity (Wildman–Crippen MR) is 61.4 cm³/mol. The summed E-state index contributed by atoms with van der Waals surface area (Å²) in [6.07, 6.45) is 3.12. The van der Waals surface area contributed by atoms with Crippen molar-refractivity contribution in [3.05, 3.63) is 22.9 Å². The number of pyridine rings is 1. The Bertz CT molecular complexity index is 397. The van der Waals surface area contributed by atoms with E-state index in [9.17, 15) is 4.79 Å². The Kier molecular flexibility index (Phi) is 3.56. The Morgan fingerprint density at radius 3 is 3.00 bits per heavy atom. The average molecular weight is 286 g/mol. The quantitative estimate of drug-likeness (QED) is 0.849. The normalized spacial score (nSPS) is 24.0. The molecule has 2 rings (SSSR count). The molecule has 0 aromatic carbocycles. The van der Waals surface area contributed by atoms with Crippen LogP contribution in [0.2, 0.25) is 0 Å². The van der Waals surface area contributed by atoms with Crippen LogP contribution in [-0.4, -0.2) is 29.6 Å². The number of nitrogens with zero attached hydrogens (tertiary/aromatic N) is 1. The van der Waals surface area contributed by atoms with E-state index in [1.807, 2.05) is 13.0 Å². The van der Waals surface area contributed by atoms with Crippen molar-refractivity contribution in [2.45, 2.75) is 25.6 Å². The molecule has 0 radical (unpaired) electrons. The minimum Gasteiger partial charge on any atom is -0.485 e. The van der Waals surface area contributed by atoms with Crippen LogP contribution < -0.4 is 4.74 Å². The second kappa shape index (κ2) is 4.93. The van der Waals surface area contributed by atoms with Gasteiger partial charge in [0.05, 0.1) is 6.20 Å². The topological polar surface area (TPSA) is 48.4 Å². The van der Waals surface area contributed by atoms with Crippen molar-refractivity contribution in [3.63, 3.8) is 0 Å². The van der Waals surface area contributed by atoms with E-state index in [-0.39, 0.29) is 11.9 Å². The summed E-state index contributed by atoms with van der Waals surface area (Å²) in [7, 11) is 0. The third-order valence-corrected chi connectivity index (χ3v) is 2.80. The fourth-order valence-corrected chi connectivity index (χ4v) is 1.93. The minimum atomic E-state index is -0.413. The van der Waals surface area contributed by atoms with Crippen molar-refractivity contribution in [2.75, 3.05) is 6.61 Å². The fraction of sp³-hybridized carbons (Fsp3) is 0.455. The number of rotatable bonds is 4. The molecule has 1 heterocycles. The Labute approximate surface area is 102 Å². The first-order valence-corrected chi connectivity index (χ1v) is 5.91. The molecule has 16 heavy (non-hydrogen) atoms. The van der Waals surface area contributed by atoms with E-state index in [1.165, 1.54) is 0 Å². The summed E-state index contributed by atoms with van der Waals surface area (Å²) >= 11 is 3.31. The molecule has 4 nitrogen and oxygen atoms in total. The molecule has 2 atom stereocenters. The number of Topliss-reactive ketones (excluding diaryl/α,β-unsaturated/α-hetero) is 1. The highest BCUT2D eigenvalue weighted by Gasteiger charge is 2.42. The molecule has 0 spiro atoms. The molecule has 5 heteroatoms. The molecular formula is C11H12BrNO3. The van der Waals surface area contributed by atoms with Gasteiger partial charge in [-0.1, -0.05) is 0 Å². The molecule has 1 saturated carbocycles. The van der Waals surface area contributed by atoms with E-state index in [4.69, 9.17) is 9.47 Å². The summed E-state index contributed by atoms with van der Waals surface area (Å²) in [5.74, 6) is 0.756. The van der Waals surface area contributed by atoms with Crippen LogP contribution in [0.3, 0.4) is 0 Å². The van der Waals surface area contributed by atoms with E-state index in [0.717, 1.165) is 4.47 Å². The highest BCUT2D eigenvalue weighted by Crippen LogP contribution is 2.26. The predicted octanol–water partition coefficient (Wildman–Crippen LogP) is 1.97. The minimum absolute atomic E-state index is 0.106. The molecule has 0 amide bonds. The van der Waals surface area contributed by atoms with Gasteiger partial charge in [0, 0.05) is 23.7 Å². The van der Waals surface area contributed by atoms with Gasteiger partial charge >= 0.3 is 0 Å². The van der Waals surface area contributed by atoms with Crippen LogP contribution in [0.25, 0.3) is 0 Å². The van der Waals surface area contributed by atoms with E-state index in [0.29, 0.717) is 18.8 Å². The van der Waals surface area contributed by atoms with Crippen LogP contribution in [0.4, 0.5) is 0 Å². The molecule has 0 saturated heterocycles. The van der Waals surface area contributed by atoms with Gasteiger partial charge in [-0.05, 0) is 28.9 Å². The number of hydrogen-bond donors (Lipinski definition) is 0. The van der Waals surface area contributed by atoms with Crippen molar-refractivity contribution in [1.82, 2.24) is 4.98 Å². The van der Waals surface area contributed by atoms with Gasteiger partial charge in [-0.25, -0.2) is 0 Å². The summed E-state index contributed by atoms with van der Waals surface area (Å²) in [6, 6.07) is 1.82. The number of hydrogen-bond acceptors (Lipinski definition) is 4. The lowest BCUT2D eigenvalue weighted by Gasteiger charge is -2.34. The Morgan fingerprint density at radius 1 is 1.56 bits per heavy atom. The number of carbonyl (C=O) groups is 1. The first kappa shape index (κ1) is 11.5. The Hall–Kier alpha value is -0.940. The maximum absolute atomic E-state index is 11.3. The van der Waals surface area contributed by atoms with E-state index in [1.54, 1.807) is 12.4 Å². The summed E-state index contributed by atoms with van der Waals surface area (Å²) in [5, 5.41) is 0. The largest absolute Gasteiger partial charge is 0.485 e. The zero-order valence-electron chi connectivity index (χ0n) is 8.85.